The first kappa shape index (κ1) is 7.48. The molecule has 10 heavy (non-hydrogen) atoms. The molecule has 0 aromatic rings. The lowest BCUT2D eigenvalue weighted by Gasteiger charge is -2.21. The Balaban J connectivity index is 2.60. The van der Waals surface area contributed by atoms with E-state index in [1.165, 1.54) is 5.57 Å². The van der Waals surface area contributed by atoms with Crippen molar-refractivity contribution in [2.45, 2.75) is 32.5 Å². The van der Waals surface area contributed by atoms with Gasteiger partial charge in [0.05, 0.1) is 6.10 Å². The van der Waals surface area contributed by atoms with E-state index in [1.807, 2.05) is 19.9 Å². The zero-order valence-electron chi connectivity index (χ0n) is 6.33. The smallest absolute Gasteiger partial charge is 0.149 e. The summed E-state index contributed by atoms with van der Waals surface area (Å²) in [5.74, 6) is 0. The van der Waals surface area contributed by atoms with Crippen LogP contribution in [0.5, 0.6) is 0 Å². The Morgan fingerprint density at radius 2 is 2.50 bits per heavy atom. The maximum atomic E-state index is 10.3. The van der Waals surface area contributed by atoms with E-state index in [1.54, 1.807) is 0 Å². The van der Waals surface area contributed by atoms with E-state index in [0.29, 0.717) is 0 Å². The predicted molar refractivity (Wildman–Crippen MR) is 38.8 cm³/mol. The van der Waals surface area contributed by atoms with Crippen molar-refractivity contribution in [1.82, 2.24) is 0 Å². The van der Waals surface area contributed by atoms with Crippen LogP contribution in [0.25, 0.3) is 0 Å². The first-order chi connectivity index (χ1) is 4.72. The summed E-state index contributed by atoms with van der Waals surface area (Å²) in [5, 5.41) is 0. The number of carbonyl (C=O) groups excluding carboxylic acids is 1. The zero-order valence-corrected chi connectivity index (χ0v) is 6.33. The highest BCUT2D eigenvalue weighted by Crippen LogP contribution is 2.16. The number of rotatable bonds is 1. The molecule has 0 aromatic carbocycles. The van der Waals surface area contributed by atoms with E-state index >= 15 is 0 Å². The van der Waals surface area contributed by atoms with Crippen LogP contribution < -0.4 is 0 Å². The Morgan fingerprint density at radius 3 is 3.00 bits per heavy atom. The van der Waals surface area contributed by atoms with Crippen molar-refractivity contribution >= 4 is 6.29 Å². The Bertz CT molecular complexity index is 161. The van der Waals surface area contributed by atoms with E-state index in [2.05, 4.69) is 0 Å². The van der Waals surface area contributed by atoms with Crippen LogP contribution in [0.2, 0.25) is 0 Å². The van der Waals surface area contributed by atoms with Crippen molar-refractivity contribution < 1.29 is 9.53 Å². The summed E-state index contributed by atoms with van der Waals surface area (Å²) < 4.78 is 5.26. The van der Waals surface area contributed by atoms with Gasteiger partial charge >= 0.3 is 0 Å². The molecule has 1 heterocycles. The summed E-state index contributed by atoms with van der Waals surface area (Å²) >= 11 is 0. The van der Waals surface area contributed by atoms with Crippen molar-refractivity contribution in [3.05, 3.63) is 11.6 Å². The largest absolute Gasteiger partial charge is 0.363 e. The molecular weight excluding hydrogens is 128 g/mol. The maximum absolute atomic E-state index is 10.3. The second kappa shape index (κ2) is 2.97. The third-order valence-electron chi connectivity index (χ3n) is 1.58. The fourth-order valence-electron chi connectivity index (χ4n) is 1.23. The topological polar surface area (TPSA) is 26.3 Å². The molecule has 56 valence electrons. The van der Waals surface area contributed by atoms with Crippen molar-refractivity contribution in [2.75, 3.05) is 0 Å². The van der Waals surface area contributed by atoms with E-state index in [4.69, 9.17) is 4.74 Å². The molecule has 0 unspecified atom stereocenters. The molecule has 2 nitrogen and oxygen atoms in total. The second-order valence-electron chi connectivity index (χ2n) is 2.73. The minimum atomic E-state index is -0.208. The molecule has 1 aliphatic rings. The van der Waals surface area contributed by atoms with Gasteiger partial charge in [0.2, 0.25) is 0 Å². The number of ether oxygens (including phenoxy) is 1. The van der Waals surface area contributed by atoms with Gasteiger partial charge < -0.3 is 9.53 Å². The average molecular weight is 140 g/mol. The van der Waals surface area contributed by atoms with Gasteiger partial charge in [0.25, 0.3) is 0 Å². The van der Waals surface area contributed by atoms with Crippen LogP contribution in [-0.4, -0.2) is 18.5 Å². The van der Waals surface area contributed by atoms with Gasteiger partial charge in [-0.2, -0.15) is 0 Å². The molecule has 0 bridgehead atoms. The van der Waals surface area contributed by atoms with Crippen LogP contribution in [-0.2, 0) is 9.53 Å². The van der Waals surface area contributed by atoms with Crippen LogP contribution in [0.4, 0.5) is 0 Å². The van der Waals surface area contributed by atoms with Gasteiger partial charge in [-0.3, -0.25) is 0 Å². The van der Waals surface area contributed by atoms with Gasteiger partial charge in [0, 0.05) is 6.42 Å². The first-order valence-electron chi connectivity index (χ1n) is 3.50. The Labute approximate surface area is 60.9 Å². The van der Waals surface area contributed by atoms with E-state index in [-0.39, 0.29) is 12.2 Å². The highest BCUT2D eigenvalue weighted by molar-refractivity contribution is 5.57. The molecule has 0 amide bonds. The lowest BCUT2D eigenvalue weighted by atomic mass is 10.1. The van der Waals surface area contributed by atoms with Crippen molar-refractivity contribution in [3.8, 4) is 0 Å². The first-order valence-corrected chi connectivity index (χ1v) is 3.50. The molecule has 1 rings (SSSR count). The van der Waals surface area contributed by atoms with Crippen LogP contribution >= 0.6 is 0 Å². The van der Waals surface area contributed by atoms with Gasteiger partial charge in [-0.05, 0) is 13.8 Å². The molecule has 0 aromatic heterocycles. The SMILES string of the molecule is CC1=C[C@@H](C)O[C@@H](C=O)C1. The van der Waals surface area contributed by atoms with Gasteiger partial charge in [0.1, 0.15) is 12.4 Å². The maximum Gasteiger partial charge on any atom is 0.149 e. The van der Waals surface area contributed by atoms with Gasteiger partial charge in [-0.25, -0.2) is 0 Å². The lowest BCUT2D eigenvalue weighted by molar-refractivity contribution is -0.120. The third kappa shape index (κ3) is 1.67. The summed E-state index contributed by atoms with van der Waals surface area (Å²) in [6.07, 6.45) is 3.56. The molecule has 2 heteroatoms. The minimum Gasteiger partial charge on any atom is -0.363 e. The van der Waals surface area contributed by atoms with E-state index in [9.17, 15) is 4.79 Å². The number of hydrogen-bond acceptors (Lipinski definition) is 2. The fourth-order valence-corrected chi connectivity index (χ4v) is 1.23. The molecule has 0 fully saturated rings. The summed E-state index contributed by atoms with van der Waals surface area (Å²) in [7, 11) is 0. The molecule has 0 saturated heterocycles. The Morgan fingerprint density at radius 1 is 1.80 bits per heavy atom. The summed E-state index contributed by atoms with van der Waals surface area (Å²) in [5.41, 5.74) is 1.25. The molecule has 0 N–H and O–H groups in total. The number of hydrogen-bond donors (Lipinski definition) is 0. The van der Waals surface area contributed by atoms with Crippen molar-refractivity contribution in [3.63, 3.8) is 0 Å². The van der Waals surface area contributed by atoms with Crippen molar-refractivity contribution in [2.24, 2.45) is 0 Å². The molecular formula is C8H12O2. The summed E-state index contributed by atoms with van der Waals surface area (Å²) in [4.78, 5) is 10.3. The fraction of sp³-hybridized carbons (Fsp3) is 0.625. The van der Waals surface area contributed by atoms with Gasteiger partial charge in [-0.15, -0.1) is 0 Å². The predicted octanol–water partition coefficient (Wildman–Crippen LogP) is 1.31. The van der Waals surface area contributed by atoms with Crippen LogP contribution in [0, 0.1) is 0 Å². The quantitative estimate of drug-likeness (QED) is 0.405. The lowest BCUT2D eigenvalue weighted by Crippen LogP contribution is -2.24. The van der Waals surface area contributed by atoms with Crippen LogP contribution in [0.1, 0.15) is 20.3 Å². The van der Waals surface area contributed by atoms with Crippen LogP contribution in [0.3, 0.4) is 0 Å². The third-order valence-corrected chi connectivity index (χ3v) is 1.58. The van der Waals surface area contributed by atoms with E-state index < -0.39 is 0 Å². The zero-order chi connectivity index (χ0) is 7.56. The van der Waals surface area contributed by atoms with Gasteiger partial charge in [0.15, 0.2) is 0 Å². The average Bonchev–Trinajstić information content (AvgIpc) is 1.85. The number of aldehydes is 1. The number of carbonyl (C=O) groups is 1. The molecule has 0 saturated carbocycles. The molecule has 0 radical (unpaired) electrons. The standard InChI is InChI=1S/C8H12O2/c1-6-3-7(2)10-8(4-6)5-9/h3,5,7-8H,4H2,1-2H3/t7-,8-/m1/s1. The molecule has 2 atom stereocenters. The summed E-state index contributed by atoms with van der Waals surface area (Å²) in [6, 6.07) is 0. The highest BCUT2D eigenvalue weighted by Gasteiger charge is 2.16. The van der Waals surface area contributed by atoms with Crippen molar-refractivity contribution in [1.29, 1.82) is 0 Å². The minimum absolute atomic E-state index is 0.101. The Kier molecular flexibility index (Phi) is 2.22. The summed E-state index contributed by atoms with van der Waals surface area (Å²) in [6.45, 7) is 3.97. The van der Waals surface area contributed by atoms with E-state index in [0.717, 1.165) is 12.7 Å². The monoisotopic (exact) mass is 140 g/mol. The second-order valence-corrected chi connectivity index (χ2v) is 2.73. The molecule has 0 aliphatic carbocycles. The normalized spacial score (nSPS) is 33.2. The highest BCUT2D eigenvalue weighted by atomic mass is 16.5. The van der Waals surface area contributed by atoms with Crippen LogP contribution in [0.15, 0.2) is 11.6 Å². The molecule has 0 spiro atoms. The van der Waals surface area contributed by atoms with Gasteiger partial charge in [-0.1, -0.05) is 11.6 Å². The Hall–Kier alpha value is -0.630. The molecule has 1 aliphatic heterocycles.